The Morgan fingerprint density at radius 2 is 1.07 bits per heavy atom. The Morgan fingerprint density at radius 3 is 1.68 bits per heavy atom. The van der Waals surface area contributed by atoms with Crippen molar-refractivity contribution in [2.24, 2.45) is 0 Å². The molecule has 3 aromatic carbocycles. The smallest absolute Gasteiger partial charge is 0.343 e. The maximum atomic E-state index is 12.7. The summed E-state index contributed by atoms with van der Waals surface area (Å²) in [7, 11) is 0. The van der Waals surface area contributed by atoms with Gasteiger partial charge in [-0.15, -0.1) is 0 Å². The molecule has 0 aliphatic heterocycles. The molecule has 3 rings (SSSR count). The van der Waals surface area contributed by atoms with Gasteiger partial charge in [0.1, 0.15) is 11.5 Å². The van der Waals surface area contributed by atoms with Crippen LogP contribution in [0.2, 0.25) is 0 Å². The van der Waals surface area contributed by atoms with Gasteiger partial charge in [-0.05, 0) is 72.9 Å². The first-order valence-electron chi connectivity index (χ1n) is 15.9. The predicted octanol–water partition coefficient (Wildman–Crippen LogP) is 10.8. The van der Waals surface area contributed by atoms with Crippen LogP contribution in [0.15, 0.2) is 72.8 Å². The van der Waals surface area contributed by atoms with Crippen LogP contribution in [0.25, 0.3) is 11.1 Å². The van der Waals surface area contributed by atoms with Crippen molar-refractivity contribution >= 4 is 5.97 Å². The number of ether oxygens (including phenoxy) is 3. The van der Waals surface area contributed by atoms with Crippen molar-refractivity contribution in [3.8, 4) is 22.6 Å². The quantitative estimate of drug-likeness (QED) is 0.0786. The Kier molecular flexibility index (Phi) is 15.1. The van der Waals surface area contributed by atoms with E-state index in [1.54, 1.807) is 0 Å². The van der Waals surface area contributed by atoms with Crippen molar-refractivity contribution in [2.45, 2.75) is 104 Å². The van der Waals surface area contributed by atoms with Crippen LogP contribution < -0.4 is 9.47 Å². The van der Waals surface area contributed by atoms with E-state index in [-0.39, 0.29) is 12.1 Å². The lowest BCUT2D eigenvalue weighted by Gasteiger charge is -2.14. The van der Waals surface area contributed by atoms with Gasteiger partial charge in [-0.1, -0.05) is 114 Å². The van der Waals surface area contributed by atoms with Gasteiger partial charge in [-0.2, -0.15) is 0 Å². The zero-order chi connectivity index (χ0) is 29.1. The molecule has 41 heavy (non-hydrogen) atoms. The maximum Gasteiger partial charge on any atom is 0.343 e. The van der Waals surface area contributed by atoms with Crippen molar-refractivity contribution in [1.82, 2.24) is 0 Å². The fourth-order valence-electron chi connectivity index (χ4n) is 4.83. The third-order valence-corrected chi connectivity index (χ3v) is 7.50. The summed E-state index contributed by atoms with van der Waals surface area (Å²) in [6, 6.07) is 23.3. The van der Waals surface area contributed by atoms with Gasteiger partial charge in [0.15, 0.2) is 0 Å². The number of carbonyl (C=O) groups is 1. The monoisotopic (exact) mass is 558 g/mol. The minimum absolute atomic E-state index is 0.0180. The van der Waals surface area contributed by atoms with Gasteiger partial charge in [0, 0.05) is 6.61 Å². The van der Waals surface area contributed by atoms with Gasteiger partial charge in [0.2, 0.25) is 0 Å². The minimum atomic E-state index is -0.366. The molecule has 0 fully saturated rings. The highest BCUT2D eigenvalue weighted by atomic mass is 16.5. The van der Waals surface area contributed by atoms with Crippen molar-refractivity contribution in [3.05, 3.63) is 83.9 Å². The number of benzene rings is 3. The molecule has 0 aromatic heterocycles. The van der Waals surface area contributed by atoms with E-state index in [9.17, 15) is 4.79 Å². The minimum Gasteiger partial charge on any atom is -0.494 e. The topological polar surface area (TPSA) is 44.8 Å². The lowest BCUT2D eigenvalue weighted by Crippen LogP contribution is -2.08. The normalized spacial score (nSPS) is 11.8. The molecule has 1 unspecified atom stereocenters. The number of esters is 1. The van der Waals surface area contributed by atoms with Crippen LogP contribution in [0, 0.1) is 0 Å². The van der Waals surface area contributed by atoms with Crippen LogP contribution in [-0.4, -0.2) is 19.2 Å². The zero-order valence-corrected chi connectivity index (χ0v) is 25.5. The molecule has 0 amide bonds. The molecule has 0 bridgehead atoms. The van der Waals surface area contributed by atoms with Crippen molar-refractivity contribution in [2.75, 3.05) is 13.2 Å². The van der Waals surface area contributed by atoms with E-state index < -0.39 is 0 Å². The molecule has 4 heteroatoms. The average molecular weight is 559 g/mol. The van der Waals surface area contributed by atoms with Crippen LogP contribution in [0.1, 0.15) is 120 Å². The molecule has 0 radical (unpaired) electrons. The largest absolute Gasteiger partial charge is 0.494 e. The van der Waals surface area contributed by atoms with Crippen LogP contribution in [-0.2, 0) is 4.74 Å². The van der Waals surface area contributed by atoms with E-state index in [1.165, 1.54) is 64.2 Å². The molecular weight excluding hydrogens is 508 g/mol. The van der Waals surface area contributed by atoms with E-state index >= 15 is 0 Å². The SMILES string of the molecule is CCCCCCCCCCOc1ccc(-c2ccc(C(=O)Oc3ccc(C(C)OCCCCCC)cc3)cc2)cc1. The third kappa shape index (κ3) is 12.1. The molecule has 0 saturated heterocycles. The first kappa shape index (κ1) is 32.4. The van der Waals surface area contributed by atoms with E-state index in [4.69, 9.17) is 14.2 Å². The summed E-state index contributed by atoms with van der Waals surface area (Å²) in [6.07, 6.45) is 15.2. The molecule has 0 aliphatic carbocycles. The maximum absolute atomic E-state index is 12.7. The van der Waals surface area contributed by atoms with Gasteiger partial charge in [0.25, 0.3) is 0 Å². The number of hydrogen-bond donors (Lipinski definition) is 0. The summed E-state index contributed by atoms with van der Waals surface area (Å²) < 4.78 is 17.5. The second kappa shape index (κ2) is 19.1. The molecule has 0 N–H and O–H groups in total. The number of hydrogen-bond acceptors (Lipinski definition) is 4. The van der Waals surface area contributed by atoms with Crippen LogP contribution in [0.3, 0.4) is 0 Å². The highest BCUT2D eigenvalue weighted by Gasteiger charge is 2.11. The molecule has 222 valence electrons. The Labute approximate surface area is 248 Å². The average Bonchev–Trinajstić information content (AvgIpc) is 3.01. The number of carbonyl (C=O) groups excluding carboxylic acids is 1. The fraction of sp³-hybridized carbons (Fsp3) is 0.486. The summed E-state index contributed by atoms with van der Waals surface area (Å²) in [4.78, 5) is 12.7. The highest BCUT2D eigenvalue weighted by molar-refractivity contribution is 5.91. The van der Waals surface area contributed by atoms with Crippen LogP contribution in [0.5, 0.6) is 11.5 Å². The van der Waals surface area contributed by atoms with Crippen LogP contribution >= 0.6 is 0 Å². The third-order valence-electron chi connectivity index (χ3n) is 7.50. The van der Waals surface area contributed by atoms with Crippen LogP contribution in [0.4, 0.5) is 0 Å². The standard InChI is InChI=1S/C37H50O4/c1-4-6-8-10-11-12-13-15-29-40-35-24-22-33(23-25-35)32-16-18-34(19-17-32)37(38)41-36-26-20-31(21-27-36)30(3)39-28-14-9-7-5-2/h16-27,30H,4-15,28-29H2,1-3H3. The van der Waals surface area contributed by atoms with Crippen molar-refractivity contribution in [3.63, 3.8) is 0 Å². The van der Waals surface area contributed by atoms with Crippen molar-refractivity contribution < 1.29 is 19.0 Å². The zero-order valence-electron chi connectivity index (χ0n) is 25.5. The molecule has 3 aromatic rings. The molecule has 4 nitrogen and oxygen atoms in total. The van der Waals surface area contributed by atoms with Crippen molar-refractivity contribution in [1.29, 1.82) is 0 Å². The fourth-order valence-corrected chi connectivity index (χ4v) is 4.83. The van der Waals surface area contributed by atoms with E-state index in [2.05, 4.69) is 32.9 Å². The highest BCUT2D eigenvalue weighted by Crippen LogP contribution is 2.25. The molecule has 0 saturated carbocycles. The Balaban J connectivity index is 1.40. The summed E-state index contributed by atoms with van der Waals surface area (Å²) in [6.45, 7) is 8.06. The second-order valence-electron chi connectivity index (χ2n) is 11.0. The summed E-state index contributed by atoms with van der Waals surface area (Å²) in [5.74, 6) is 1.06. The number of rotatable bonds is 20. The molecular formula is C37H50O4. The summed E-state index contributed by atoms with van der Waals surface area (Å²) in [5.41, 5.74) is 3.73. The first-order chi connectivity index (χ1) is 20.1. The van der Waals surface area contributed by atoms with Gasteiger partial charge in [0.05, 0.1) is 18.3 Å². The molecule has 0 aliphatic rings. The molecule has 0 heterocycles. The summed E-state index contributed by atoms with van der Waals surface area (Å²) >= 11 is 0. The Hall–Kier alpha value is -3.11. The van der Waals surface area contributed by atoms with E-state index in [0.717, 1.165) is 48.5 Å². The Morgan fingerprint density at radius 1 is 0.585 bits per heavy atom. The van der Waals surface area contributed by atoms with Gasteiger partial charge >= 0.3 is 5.97 Å². The predicted molar refractivity (Wildman–Crippen MR) is 170 cm³/mol. The molecule has 0 spiro atoms. The van der Waals surface area contributed by atoms with Gasteiger partial charge in [-0.25, -0.2) is 4.79 Å². The van der Waals surface area contributed by atoms with Gasteiger partial charge < -0.3 is 14.2 Å². The number of unbranched alkanes of at least 4 members (excludes halogenated alkanes) is 10. The lowest BCUT2D eigenvalue weighted by molar-refractivity contribution is 0.0627. The lowest BCUT2D eigenvalue weighted by atomic mass is 10.0. The van der Waals surface area contributed by atoms with E-state index in [0.29, 0.717) is 11.3 Å². The molecule has 1 atom stereocenters. The second-order valence-corrected chi connectivity index (χ2v) is 11.0. The summed E-state index contributed by atoms with van der Waals surface area (Å²) in [5, 5.41) is 0. The first-order valence-corrected chi connectivity index (χ1v) is 15.9. The van der Waals surface area contributed by atoms with Gasteiger partial charge in [-0.3, -0.25) is 0 Å². The Bertz CT molecular complexity index is 1100. The van der Waals surface area contributed by atoms with E-state index in [1.807, 2.05) is 60.7 Å².